The zero-order valence-electron chi connectivity index (χ0n) is 14.8. The van der Waals surface area contributed by atoms with Crippen LogP contribution in [-0.4, -0.2) is 27.5 Å². The molecule has 0 bridgehead atoms. The Balaban J connectivity index is 2.07. The summed E-state index contributed by atoms with van der Waals surface area (Å²) in [4.78, 5) is 0. The molecule has 0 aliphatic rings. The van der Waals surface area contributed by atoms with Crippen LogP contribution in [-0.2, 0) is 13.0 Å². The molecule has 1 heterocycles. The SMILES string of the molecule is CSCCCn1cc(/C(Cc2ccccc2Br)=N/O)c2ccc(Cl)c(Cl)c21. The largest absolute Gasteiger partial charge is 0.411 e. The third-order valence-corrected chi connectivity index (χ3v) is 6.69. The molecule has 27 heavy (non-hydrogen) atoms. The molecule has 3 aromatic rings. The van der Waals surface area contributed by atoms with Crippen LogP contribution in [0.3, 0.4) is 0 Å². The molecule has 0 aliphatic carbocycles. The van der Waals surface area contributed by atoms with Crippen LogP contribution in [0, 0.1) is 0 Å². The van der Waals surface area contributed by atoms with Gasteiger partial charge in [0.1, 0.15) is 0 Å². The van der Waals surface area contributed by atoms with Crippen molar-refractivity contribution in [1.29, 1.82) is 0 Å². The van der Waals surface area contributed by atoms with Gasteiger partial charge in [0.05, 0.1) is 21.3 Å². The summed E-state index contributed by atoms with van der Waals surface area (Å²) in [7, 11) is 0. The van der Waals surface area contributed by atoms with Crippen molar-refractivity contribution in [2.45, 2.75) is 19.4 Å². The molecule has 0 fully saturated rings. The Labute approximate surface area is 181 Å². The molecular weight excluding hydrogens is 467 g/mol. The highest BCUT2D eigenvalue weighted by Gasteiger charge is 2.18. The predicted octanol–water partition coefficient (Wildman–Crippen LogP) is 6.88. The maximum Gasteiger partial charge on any atom is 0.0933 e. The number of fused-ring (bicyclic) bond motifs is 1. The Morgan fingerprint density at radius 1 is 1.22 bits per heavy atom. The number of aromatic nitrogens is 1. The van der Waals surface area contributed by atoms with Crippen molar-refractivity contribution in [3.05, 3.63) is 68.2 Å². The van der Waals surface area contributed by atoms with E-state index in [1.54, 1.807) is 6.07 Å². The molecule has 2 aromatic carbocycles. The van der Waals surface area contributed by atoms with E-state index in [4.69, 9.17) is 23.2 Å². The maximum absolute atomic E-state index is 9.74. The molecule has 142 valence electrons. The van der Waals surface area contributed by atoms with Gasteiger partial charge in [-0.2, -0.15) is 11.8 Å². The van der Waals surface area contributed by atoms with E-state index in [1.807, 2.05) is 48.3 Å². The lowest BCUT2D eigenvalue weighted by Crippen LogP contribution is -2.06. The average Bonchev–Trinajstić information content (AvgIpc) is 3.03. The minimum atomic E-state index is 0.502. The normalized spacial score (nSPS) is 12.1. The minimum Gasteiger partial charge on any atom is -0.411 e. The predicted molar refractivity (Wildman–Crippen MR) is 121 cm³/mol. The summed E-state index contributed by atoms with van der Waals surface area (Å²) in [6.45, 7) is 0.825. The van der Waals surface area contributed by atoms with Crippen molar-refractivity contribution in [3.63, 3.8) is 0 Å². The Bertz CT molecular complexity index is 988. The number of oxime groups is 1. The van der Waals surface area contributed by atoms with Crippen molar-refractivity contribution in [1.82, 2.24) is 4.57 Å². The number of thioether (sulfide) groups is 1. The highest BCUT2D eigenvalue weighted by molar-refractivity contribution is 9.10. The number of aryl methyl sites for hydroxylation is 1. The van der Waals surface area contributed by atoms with E-state index >= 15 is 0 Å². The smallest absolute Gasteiger partial charge is 0.0933 e. The molecular formula is C20H19BrCl2N2OS. The first-order chi connectivity index (χ1) is 13.1. The van der Waals surface area contributed by atoms with E-state index in [9.17, 15) is 5.21 Å². The molecule has 3 rings (SSSR count). The Morgan fingerprint density at radius 3 is 2.70 bits per heavy atom. The third kappa shape index (κ3) is 4.48. The number of hydrogen-bond donors (Lipinski definition) is 1. The van der Waals surface area contributed by atoms with Crippen LogP contribution < -0.4 is 0 Å². The fraction of sp³-hybridized carbons (Fsp3) is 0.250. The lowest BCUT2D eigenvalue weighted by molar-refractivity contribution is 0.318. The van der Waals surface area contributed by atoms with Crippen LogP contribution in [0.5, 0.6) is 0 Å². The van der Waals surface area contributed by atoms with E-state index in [-0.39, 0.29) is 0 Å². The maximum atomic E-state index is 9.74. The van der Waals surface area contributed by atoms with Gasteiger partial charge in [-0.25, -0.2) is 0 Å². The number of rotatable bonds is 7. The van der Waals surface area contributed by atoms with Crippen LogP contribution in [0.15, 0.2) is 52.2 Å². The van der Waals surface area contributed by atoms with Gasteiger partial charge in [-0.1, -0.05) is 68.6 Å². The second-order valence-corrected chi connectivity index (χ2v) is 8.78. The van der Waals surface area contributed by atoms with Gasteiger partial charge in [0.25, 0.3) is 0 Å². The number of hydrogen-bond acceptors (Lipinski definition) is 3. The zero-order valence-corrected chi connectivity index (χ0v) is 18.7. The Hall–Kier alpha value is -1.14. The van der Waals surface area contributed by atoms with Crippen LogP contribution in [0.25, 0.3) is 10.9 Å². The van der Waals surface area contributed by atoms with Gasteiger partial charge < -0.3 is 9.77 Å². The second kappa shape index (κ2) is 9.37. The van der Waals surface area contributed by atoms with Gasteiger partial charge in [-0.05, 0) is 36.1 Å². The van der Waals surface area contributed by atoms with Crippen LogP contribution in [0.2, 0.25) is 10.0 Å². The summed E-state index contributed by atoms with van der Waals surface area (Å²) in [6.07, 6.45) is 5.63. The molecule has 3 nitrogen and oxygen atoms in total. The summed E-state index contributed by atoms with van der Waals surface area (Å²) in [5.41, 5.74) is 3.39. The molecule has 0 atom stereocenters. The van der Waals surface area contributed by atoms with E-state index < -0.39 is 0 Å². The molecule has 0 amide bonds. The number of benzene rings is 2. The first-order valence-corrected chi connectivity index (χ1v) is 11.4. The fourth-order valence-electron chi connectivity index (χ4n) is 3.12. The van der Waals surface area contributed by atoms with Gasteiger partial charge in [0.15, 0.2) is 0 Å². The first kappa shape index (κ1) is 20.6. The van der Waals surface area contributed by atoms with E-state index in [0.717, 1.165) is 45.2 Å². The third-order valence-electron chi connectivity index (χ3n) is 4.43. The van der Waals surface area contributed by atoms with Crippen molar-refractivity contribution in [2.75, 3.05) is 12.0 Å². The Kier molecular flexibility index (Phi) is 7.15. The lowest BCUT2D eigenvalue weighted by Gasteiger charge is -2.07. The van der Waals surface area contributed by atoms with Gasteiger partial charge in [0, 0.05) is 34.6 Å². The van der Waals surface area contributed by atoms with Crippen LogP contribution in [0.1, 0.15) is 17.5 Å². The Morgan fingerprint density at radius 2 is 2.00 bits per heavy atom. The summed E-state index contributed by atoms with van der Waals surface area (Å²) >= 11 is 18.2. The molecule has 0 saturated heterocycles. The summed E-state index contributed by atoms with van der Waals surface area (Å²) in [5.74, 6) is 1.06. The minimum absolute atomic E-state index is 0.502. The molecule has 0 aliphatic heterocycles. The van der Waals surface area contributed by atoms with E-state index in [2.05, 4.69) is 31.9 Å². The average molecular weight is 486 g/mol. The van der Waals surface area contributed by atoms with Gasteiger partial charge in [0.2, 0.25) is 0 Å². The standard InChI is InChI=1S/C20H19BrCl2N2OS/c1-27-10-4-9-25-12-15(14-7-8-17(22)19(23)20(14)25)18(24-26)11-13-5-2-3-6-16(13)21/h2-3,5-8,12,26H,4,9-11H2,1H3/b24-18+. The van der Waals surface area contributed by atoms with Gasteiger partial charge in [-0.3, -0.25) is 0 Å². The van der Waals surface area contributed by atoms with Gasteiger partial charge >= 0.3 is 0 Å². The second-order valence-electron chi connectivity index (χ2n) is 6.15. The monoisotopic (exact) mass is 484 g/mol. The summed E-state index contributed by atoms with van der Waals surface area (Å²) < 4.78 is 3.09. The number of nitrogens with zero attached hydrogens (tertiary/aromatic N) is 2. The number of halogens is 3. The molecule has 0 radical (unpaired) electrons. The quantitative estimate of drug-likeness (QED) is 0.171. The zero-order chi connectivity index (χ0) is 19.4. The molecule has 7 heteroatoms. The lowest BCUT2D eigenvalue weighted by atomic mass is 10.0. The molecule has 0 spiro atoms. The van der Waals surface area contributed by atoms with Crippen LogP contribution in [0.4, 0.5) is 0 Å². The summed E-state index contributed by atoms with van der Waals surface area (Å²) in [6, 6.07) is 11.6. The fourth-order valence-corrected chi connectivity index (χ4v) is 4.39. The van der Waals surface area contributed by atoms with Crippen molar-refractivity contribution < 1.29 is 5.21 Å². The summed E-state index contributed by atoms with van der Waals surface area (Å²) in [5, 5.41) is 15.3. The van der Waals surface area contributed by atoms with E-state index in [1.165, 1.54) is 0 Å². The highest BCUT2D eigenvalue weighted by atomic mass is 79.9. The van der Waals surface area contributed by atoms with Gasteiger partial charge in [-0.15, -0.1) is 0 Å². The molecule has 1 aromatic heterocycles. The molecule has 0 saturated carbocycles. The topological polar surface area (TPSA) is 37.5 Å². The van der Waals surface area contributed by atoms with Crippen LogP contribution >= 0.6 is 50.9 Å². The van der Waals surface area contributed by atoms with Crippen molar-refractivity contribution >= 4 is 67.5 Å². The highest BCUT2D eigenvalue weighted by Crippen LogP contribution is 2.35. The van der Waals surface area contributed by atoms with E-state index in [0.29, 0.717) is 22.2 Å². The van der Waals surface area contributed by atoms with Crippen molar-refractivity contribution in [3.8, 4) is 0 Å². The first-order valence-electron chi connectivity index (χ1n) is 8.47. The molecule has 1 N–H and O–H groups in total. The molecule has 0 unspecified atom stereocenters. The van der Waals surface area contributed by atoms with Crippen molar-refractivity contribution in [2.24, 2.45) is 5.16 Å².